The predicted octanol–water partition coefficient (Wildman–Crippen LogP) is 2.46. The van der Waals surface area contributed by atoms with Gasteiger partial charge in [0, 0.05) is 11.6 Å². The summed E-state index contributed by atoms with van der Waals surface area (Å²) in [5, 5.41) is 10.5. The van der Waals surface area contributed by atoms with E-state index in [2.05, 4.69) is 0 Å². The van der Waals surface area contributed by atoms with Crippen LogP contribution >= 0.6 is 11.6 Å². The van der Waals surface area contributed by atoms with Crippen LogP contribution in [0.5, 0.6) is 0 Å². The van der Waals surface area contributed by atoms with Gasteiger partial charge in [-0.15, -0.1) is 0 Å². The Morgan fingerprint density at radius 2 is 2.14 bits per heavy atom. The van der Waals surface area contributed by atoms with Crippen LogP contribution in [0.15, 0.2) is 24.3 Å². The maximum absolute atomic E-state index is 10.5. The molecule has 0 spiro atoms. The van der Waals surface area contributed by atoms with Gasteiger partial charge in [-0.2, -0.15) is 0 Å². The highest BCUT2D eigenvalue weighted by molar-refractivity contribution is 6.34. The molecule has 0 radical (unpaired) electrons. The molecule has 14 heavy (non-hydrogen) atoms. The molecule has 1 rings (SSSR count). The largest absolute Gasteiger partial charge is 0.299 e. The molecule has 0 saturated heterocycles. The van der Waals surface area contributed by atoms with Crippen molar-refractivity contribution in [3.05, 3.63) is 45.0 Å². The number of carbonyl (C=O) groups excluding carboxylic acids is 1. The third kappa shape index (κ3) is 2.17. The van der Waals surface area contributed by atoms with Crippen LogP contribution in [-0.4, -0.2) is 11.2 Å². The van der Waals surface area contributed by atoms with Crippen molar-refractivity contribution in [2.24, 2.45) is 0 Å². The minimum atomic E-state index is -0.569. The van der Waals surface area contributed by atoms with Crippen molar-refractivity contribution in [2.45, 2.75) is 0 Å². The summed E-state index contributed by atoms with van der Waals surface area (Å²) in [5.41, 5.74) is 0.285. The van der Waals surface area contributed by atoms with E-state index in [1.807, 2.05) is 0 Å². The first-order valence-corrected chi connectivity index (χ1v) is 4.09. The van der Waals surface area contributed by atoms with Gasteiger partial charge >= 0.3 is 0 Å². The zero-order valence-electron chi connectivity index (χ0n) is 7.01. The van der Waals surface area contributed by atoms with Gasteiger partial charge < -0.3 is 0 Å². The maximum Gasteiger partial charge on any atom is 0.288 e. The standard InChI is InChI=1S/C9H6ClNO3/c10-9-7(4-2-6-12)3-1-5-8(9)11(13)14/h1-6H/b4-2+. The Morgan fingerprint density at radius 1 is 1.43 bits per heavy atom. The van der Waals surface area contributed by atoms with E-state index < -0.39 is 4.92 Å². The van der Waals surface area contributed by atoms with Gasteiger partial charge in [-0.25, -0.2) is 0 Å². The fourth-order valence-electron chi connectivity index (χ4n) is 0.950. The van der Waals surface area contributed by atoms with E-state index in [1.165, 1.54) is 24.3 Å². The average Bonchev–Trinajstić information content (AvgIpc) is 2.16. The molecule has 0 aromatic heterocycles. The highest BCUT2D eigenvalue weighted by atomic mass is 35.5. The topological polar surface area (TPSA) is 60.2 Å². The number of nitrogens with zero attached hydrogens (tertiary/aromatic N) is 1. The second-order valence-electron chi connectivity index (χ2n) is 2.43. The number of carbonyl (C=O) groups is 1. The number of aldehydes is 1. The number of allylic oxidation sites excluding steroid dienone is 1. The highest BCUT2D eigenvalue weighted by Crippen LogP contribution is 2.28. The second kappa shape index (κ2) is 4.53. The summed E-state index contributed by atoms with van der Waals surface area (Å²) >= 11 is 5.73. The van der Waals surface area contributed by atoms with Crippen LogP contribution in [0.1, 0.15) is 5.56 Å². The van der Waals surface area contributed by atoms with E-state index in [-0.39, 0.29) is 10.7 Å². The van der Waals surface area contributed by atoms with Gasteiger partial charge in [0.25, 0.3) is 5.69 Å². The first-order chi connectivity index (χ1) is 6.66. The smallest absolute Gasteiger partial charge is 0.288 e. The van der Waals surface area contributed by atoms with Crippen molar-refractivity contribution in [2.75, 3.05) is 0 Å². The zero-order chi connectivity index (χ0) is 10.6. The lowest BCUT2D eigenvalue weighted by atomic mass is 10.2. The Kier molecular flexibility index (Phi) is 3.36. The lowest BCUT2D eigenvalue weighted by molar-refractivity contribution is -0.384. The minimum absolute atomic E-state index is 0.0376. The van der Waals surface area contributed by atoms with Gasteiger partial charge in [-0.05, 0) is 12.2 Å². The van der Waals surface area contributed by atoms with Crippen molar-refractivity contribution < 1.29 is 9.72 Å². The number of rotatable bonds is 3. The molecular formula is C9H6ClNO3. The Bertz CT molecular complexity index is 401. The lowest BCUT2D eigenvalue weighted by Crippen LogP contribution is -1.90. The van der Waals surface area contributed by atoms with Crippen LogP contribution in [0.4, 0.5) is 5.69 Å². The monoisotopic (exact) mass is 211 g/mol. The molecule has 0 amide bonds. The number of benzene rings is 1. The molecule has 0 heterocycles. The summed E-state index contributed by atoms with van der Waals surface area (Å²) in [6, 6.07) is 4.41. The summed E-state index contributed by atoms with van der Waals surface area (Å²) in [6.07, 6.45) is 3.22. The molecule has 0 saturated carbocycles. The second-order valence-corrected chi connectivity index (χ2v) is 2.81. The third-order valence-electron chi connectivity index (χ3n) is 1.56. The molecule has 0 fully saturated rings. The lowest BCUT2D eigenvalue weighted by Gasteiger charge is -1.98. The molecule has 4 nitrogen and oxygen atoms in total. The molecule has 0 atom stereocenters. The van der Waals surface area contributed by atoms with E-state index in [4.69, 9.17) is 11.6 Å². The molecule has 1 aromatic carbocycles. The van der Waals surface area contributed by atoms with Gasteiger partial charge in [0.2, 0.25) is 0 Å². The molecule has 0 aliphatic rings. The highest BCUT2D eigenvalue weighted by Gasteiger charge is 2.13. The third-order valence-corrected chi connectivity index (χ3v) is 1.97. The maximum atomic E-state index is 10.5. The normalized spacial score (nSPS) is 10.4. The minimum Gasteiger partial charge on any atom is -0.299 e. The predicted molar refractivity (Wildman–Crippen MR) is 53.2 cm³/mol. The fourth-order valence-corrected chi connectivity index (χ4v) is 1.21. The van der Waals surface area contributed by atoms with E-state index in [0.717, 1.165) is 0 Å². The van der Waals surface area contributed by atoms with Crippen LogP contribution in [0, 0.1) is 10.1 Å². The number of hydrogen-bond donors (Lipinski definition) is 0. The van der Waals surface area contributed by atoms with Crippen molar-refractivity contribution >= 4 is 29.7 Å². The Labute approximate surface area is 85.0 Å². The van der Waals surface area contributed by atoms with Crippen LogP contribution < -0.4 is 0 Å². The number of halogens is 1. The Balaban J connectivity index is 3.20. The first-order valence-electron chi connectivity index (χ1n) is 3.71. The van der Waals surface area contributed by atoms with Crippen LogP contribution in [0.25, 0.3) is 6.08 Å². The molecule has 72 valence electrons. The average molecular weight is 212 g/mol. The number of nitro groups is 1. The van der Waals surface area contributed by atoms with Crippen LogP contribution in [0.2, 0.25) is 5.02 Å². The summed E-state index contributed by atoms with van der Waals surface area (Å²) in [5.74, 6) is 0. The molecule has 5 heteroatoms. The van der Waals surface area contributed by atoms with E-state index >= 15 is 0 Å². The zero-order valence-corrected chi connectivity index (χ0v) is 7.77. The summed E-state index contributed by atoms with van der Waals surface area (Å²) in [4.78, 5) is 20.0. The van der Waals surface area contributed by atoms with Gasteiger partial charge in [0.1, 0.15) is 11.3 Å². The van der Waals surface area contributed by atoms with Crippen molar-refractivity contribution in [3.63, 3.8) is 0 Å². The van der Waals surface area contributed by atoms with Crippen molar-refractivity contribution in [1.29, 1.82) is 0 Å². The van der Waals surface area contributed by atoms with Gasteiger partial charge in [-0.1, -0.05) is 23.7 Å². The van der Waals surface area contributed by atoms with Crippen LogP contribution in [0.3, 0.4) is 0 Å². The molecule has 0 aliphatic carbocycles. The van der Waals surface area contributed by atoms with E-state index in [9.17, 15) is 14.9 Å². The van der Waals surface area contributed by atoms with E-state index in [0.29, 0.717) is 11.8 Å². The summed E-state index contributed by atoms with van der Waals surface area (Å²) in [7, 11) is 0. The molecule has 0 N–H and O–H groups in total. The SMILES string of the molecule is O=C/C=C/c1cccc([N+](=O)[O-])c1Cl. The van der Waals surface area contributed by atoms with E-state index in [1.54, 1.807) is 6.07 Å². The molecule has 0 bridgehead atoms. The molecule has 0 aliphatic heterocycles. The summed E-state index contributed by atoms with van der Waals surface area (Å²) in [6.45, 7) is 0. The van der Waals surface area contributed by atoms with Gasteiger partial charge in [-0.3, -0.25) is 14.9 Å². The van der Waals surface area contributed by atoms with Crippen molar-refractivity contribution in [3.8, 4) is 0 Å². The number of nitro benzene ring substituents is 1. The van der Waals surface area contributed by atoms with Crippen molar-refractivity contribution in [1.82, 2.24) is 0 Å². The molecule has 1 aromatic rings. The molecule has 0 unspecified atom stereocenters. The quantitative estimate of drug-likeness (QED) is 0.334. The first kappa shape index (κ1) is 10.4. The molecular weight excluding hydrogens is 206 g/mol. The summed E-state index contributed by atoms with van der Waals surface area (Å²) < 4.78 is 0. The Hall–Kier alpha value is -1.68. The Morgan fingerprint density at radius 3 is 2.71 bits per heavy atom. The number of hydrogen-bond acceptors (Lipinski definition) is 3. The van der Waals surface area contributed by atoms with Gasteiger partial charge in [0.15, 0.2) is 0 Å². The van der Waals surface area contributed by atoms with Gasteiger partial charge in [0.05, 0.1) is 4.92 Å². The fraction of sp³-hybridized carbons (Fsp3) is 0. The van der Waals surface area contributed by atoms with Crippen LogP contribution in [-0.2, 0) is 4.79 Å².